The molecule has 0 aliphatic heterocycles. The molecule has 0 spiro atoms. The van der Waals surface area contributed by atoms with Gasteiger partial charge in [-0.2, -0.15) is 0 Å². The molecule has 4 nitrogen and oxygen atoms in total. The van der Waals surface area contributed by atoms with E-state index in [0.717, 1.165) is 18.4 Å². The van der Waals surface area contributed by atoms with E-state index in [9.17, 15) is 9.90 Å². The molecular weight excluding hydrogens is 230 g/mol. The average Bonchev–Trinajstić information content (AvgIpc) is 2.90. The molecule has 0 saturated heterocycles. The normalized spacial score (nSPS) is 17.7. The molecule has 1 aromatic rings. The Hall–Kier alpha value is -1.55. The van der Waals surface area contributed by atoms with Crippen LogP contribution < -0.4 is 5.73 Å². The first-order valence-electron chi connectivity index (χ1n) is 6.30. The van der Waals surface area contributed by atoms with Crippen molar-refractivity contribution in [1.29, 1.82) is 0 Å². The molecule has 0 amide bonds. The summed E-state index contributed by atoms with van der Waals surface area (Å²) in [5, 5.41) is 9.83. The van der Waals surface area contributed by atoms with Crippen molar-refractivity contribution >= 4 is 5.97 Å². The molecular formula is C14H19NO3. The molecule has 1 atom stereocenters. The number of benzene rings is 1. The summed E-state index contributed by atoms with van der Waals surface area (Å²) in [6.07, 6.45) is 4.73. The molecule has 1 aliphatic carbocycles. The number of carbonyl (C=O) groups excluding carboxylic acids is 1. The molecule has 1 saturated carbocycles. The number of hydrogen-bond donors (Lipinski definition) is 2. The van der Waals surface area contributed by atoms with Gasteiger partial charge in [-0.3, -0.25) is 0 Å². The fourth-order valence-electron chi connectivity index (χ4n) is 2.63. The maximum Gasteiger partial charge on any atom is 0.341 e. The van der Waals surface area contributed by atoms with Crippen molar-refractivity contribution in [2.75, 3.05) is 7.11 Å². The van der Waals surface area contributed by atoms with Crippen molar-refractivity contribution in [2.45, 2.75) is 31.7 Å². The van der Waals surface area contributed by atoms with Crippen LogP contribution in [0.3, 0.4) is 0 Å². The second kappa shape index (κ2) is 5.40. The lowest BCUT2D eigenvalue weighted by atomic mass is 9.92. The topological polar surface area (TPSA) is 72.5 Å². The Labute approximate surface area is 107 Å². The Morgan fingerprint density at radius 3 is 2.67 bits per heavy atom. The van der Waals surface area contributed by atoms with E-state index < -0.39 is 5.97 Å². The first-order chi connectivity index (χ1) is 8.63. The number of phenols is 1. The van der Waals surface area contributed by atoms with Crippen LogP contribution in [0.4, 0.5) is 0 Å². The van der Waals surface area contributed by atoms with Gasteiger partial charge in [-0.1, -0.05) is 18.9 Å². The van der Waals surface area contributed by atoms with Gasteiger partial charge in [-0.05, 0) is 36.5 Å². The van der Waals surface area contributed by atoms with Gasteiger partial charge in [0.2, 0.25) is 0 Å². The van der Waals surface area contributed by atoms with E-state index in [0.29, 0.717) is 5.92 Å². The zero-order valence-corrected chi connectivity index (χ0v) is 10.6. The van der Waals surface area contributed by atoms with E-state index in [2.05, 4.69) is 4.74 Å². The molecule has 3 N–H and O–H groups in total. The van der Waals surface area contributed by atoms with E-state index in [1.165, 1.54) is 20.0 Å². The molecule has 98 valence electrons. The van der Waals surface area contributed by atoms with Gasteiger partial charge in [0.1, 0.15) is 11.3 Å². The minimum Gasteiger partial charge on any atom is -0.507 e. The predicted molar refractivity (Wildman–Crippen MR) is 68.3 cm³/mol. The van der Waals surface area contributed by atoms with Gasteiger partial charge in [-0.25, -0.2) is 4.79 Å². The summed E-state index contributed by atoms with van der Waals surface area (Å²) in [5.74, 6) is -0.116. The van der Waals surface area contributed by atoms with Crippen LogP contribution in [0, 0.1) is 5.92 Å². The fraction of sp³-hybridized carbons (Fsp3) is 0.500. The molecule has 0 aromatic heterocycles. The first-order valence-corrected chi connectivity index (χ1v) is 6.30. The van der Waals surface area contributed by atoms with Crippen molar-refractivity contribution in [3.05, 3.63) is 29.3 Å². The molecule has 1 unspecified atom stereocenters. The minimum atomic E-state index is -0.534. The van der Waals surface area contributed by atoms with Crippen molar-refractivity contribution in [1.82, 2.24) is 0 Å². The van der Waals surface area contributed by atoms with Gasteiger partial charge < -0.3 is 15.6 Å². The number of aromatic hydroxyl groups is 1. The van der Waals surface area contributed by atoms with Crippen LogP contribution in [0.15, 0.2) is 18.2 Å². The maximum atomic E-state index is 11.4. The van der Waals surface area contributed by atoms with Gasteiger partial charge in [0, 0.05) is 6.04 Å². The van der Waals surface area contributed by atoms with Crippen LogP contribution in [-0.4, -0.2) is 18.2 Å². The van der Waals surface area contributed by atoms with E-state index in [-0.39, 0.29) is 17.4 Å². The Bertz CT molecular complexity index is 439. The zero-order valence-electron chi connectivity index (χ0n) is 10.6. The van der Waals surface area contributed by atoms with Crippen LogP contribution in [0.1, 0.15) is 47.6 Å². The number of esters is 1. The Morgan fingerprint density at radius 1 is 1.44 bits per heavy atom. The van der Waals surface area contributed by atoms with Crippen molar-refractivity contribution in [2.24, 2.45) is 11.7 Å². The largest absolute Gasteiger partial charge is 0.507 e. The molecule has 1 aromatic carbocycles. The summed E-state index contributed by atoms with van der Waals surface area (Å²) < 4.78 is 4.59. The van der Waals surface area contributed by atoms with Crippen LogP contribution in [0.2, 0.25) is 0 Å². The summed E-state index contributed by atoms with van der Waals surface area (Å²) >= 11 is 0. The van der Waals surface area contributed by atoms with Crippen LogP contribution in [-0.2, 0) is 4.74 Å². The second-order valence-electron chi connectivity index (χ2n) is 4.84. The summed E-state index contributed by atoms with van der Waals surface area (Å²) in [7, 11) is 1.29. The minimum absolute atomic E-state index is 0.0622. The summed E-state index contributed by atoms with van der Waals surface area (Å²) in [6, 6.07) is 4.89. The second-order valence-corrected chi connectivity index (χ2v) is 4.84. The standard InChI is InChI=1S/C14H19NO3/c1-18-14(17)11-7-6-10(8-12(11)16)13(15)9-4-2-3-5-9/h6-9,13,16H,2-5,15H2,1H3. The number of nitrogens with two attached hydrogens (primary N) is 1. The Morgan fingerprint density at radius 2 is 2.11 bits per heavy atom. The third-order valence-corrected chi connectivity index (χ3v) is 3.72. The Kier molecular flexibility index (Phi) is 3.87. The Balaban J connectivity index is 2.20. The van der Waals surface area contributed by atoms with Gasteiger partial charge in [-0.15, -0.1) is 0 Å². The maximum absolute atomic E-state index is 11.4. The molecule has 0 bridgehead atoms. The van der Waals surface area contributed by atoms with Crippen LogP contribution >= 0.6 is 0 Å². The molecule has 0 radical (unpaired) electrons. The highest BCUT2D eigenvalue weighted by Crippen LogP contribution is 2.35. The fourth-order valence-corrected chi connectivity index (χ4v) is 2.63. The summed E-state index contributed by atoms with van der Waals surface area (Å²) in [6.45, 7) is 0. The zero-order chi connectivity index (χ0) is 13.1. The molecule has 1 aliphatic rings. The lowest BCUT2D eigenvalue weighted by molar-refractivity contribution is 0.0597. The van der Waals surface area contributed by atoms with E-state index in [1.54, 1.807) is 18.2 Å². The van der Waals surface area contributed by atoms with Gasteiger partial charge >= 0.3 is 5.97 Å². The highest BCUT2D eigenvalue weighted by Gasteiger charge is 2.24. The number of phenolic OH excluding ortho intramolecular Hbond substituents is 1. The molecule has 4 heteroatoms. The first kappa shape index (κ1) is 12.9. The summed E-state index contributed by atoms with van der Waals surface area (Å²) in [4.78, 5) is 11.4. The van der Waals surface area contributed by atoms with Gasteiger partial charge in [0.25, 0.3) is 0 Å². The van der Waals surface area contributed by atoms with Gasteiger partial charge in [0.15, 0.2) is 0 Å². The smallest absolute Gasteiger partial charge is 0.341 e. The number of rotatable bonds is 3. The molecule has 1 fully saturated rings. The van der Waals surface area contributed by atoms with E-state index in [4.69, 9.17) is 5.73 Å². The number of carbonyl (C=O) groups is 1. The number of hydrogen-bond acceptors (Lipinski definition) is 4. The lowest BCUT2D eigenvalue weighted by Gasteiger charge is -2.19. The van der Waals surface area contributed by atoms with Crippen LogP contribution in [0.25, 0.3) is 0 Å². The third-order valence-electron chi connectivity index (χ3n) is 3.72. The SMILES string of the molecule is COC(=O)c1ccc(C(N)C2CCCC2)cc1O. The third kappa shape index (κ3) is 2.48. The monoisotopic (exact) mass is 249 g/mol. The van der Waals surface area contributed by atoms with E-state index >= 15 is 0 Å². The van der Waals surface area contributed by atoms with Crippen molar-refractivity contribution in [3.63, 3.8) is 0 Å². The van der Waals surface area contributed by atoms with Crippen molar-refractivity contribution < 1.29 is 14.6 Å². The lowest BCUT2D eigenvalue weighted by Crippen LogP contribution is -2.19. The quantitative estimate of drug-likeness (QED) is 0.807. The number of ether oxygens (including phenoxy) is 1. The summed E-state index contributed by atoms with van der Waals surface area (Å²) in [5.41, 5.74) is 7.26. The molecule has 2 rings (SSSR count). The highest BCUT2D eigenvalue weighted by atomic mass is 16.5. The predicted octanol–water partition coefficient (Wildman–Crippen LogP) is 2.37. The van der Waals surface area contributed by atoms with Crippen molar-refractivity contribution in [3.8, 4) is 5.75 Å². The number of methoxy groups -OCH3 is 1. The van der Waals surface area contributed by atoms with E-state index in [1.807, 2.05) is 0 Å². The average molecular weight is 249 g/mol. The molecule has 18 heavy (non-hydrogen) atoms. The molecule has 0 heterocycles. The highest BCUT2D eigenvalue weighted by molar-refractivity contribution is 5.92. The van der Waals surface area contributed by atoms with Gasteiger partial charge in [0.05, 0.1) is 7.11 Å². The van der Waals surface area contributed by atoms with Crippen LogP contribution in [0.5, 0.6) is 5.75 Å².